The van der Waals surface area contributed by atoms with Crippen molar-refractivity contribution < 1.29 is 9.49 Å². The first-order valence-corrected chi connectivity index (χ1v) is 5.99. The van der Waals surface area contributed by atoms with Gasteiger partial charge in [-0.25, -0.2) is 5.06 Å². The molecule has 2 rings (SSSR count). The van der Waals surface area contributed by atoms with Crippen molar-refractivity contribution in [2.24, 2.45) is 0 Å². The van der Waals surface area contributed by atoms with Gasteiger partial charge >= 0.3 is 7.48 Å². The first kappa shape index (κ1) is 13.3. The Kier molecular flexibility index (Phi) is 4.31. The number of hydrogen-bond donors (Lipinski definition) is 1. The third kappa shape index (κ3) is 3.20. The standard InChI is InChI=1S/C14H16BN2O2/c1-15-19-17(12-5-3-11(16)4-6-12)13-7-9-14(18-2)10-8-13/h3-10H,16H2,1-2H3. The normalized spacial score (nSPS) is 10.0. The molecular formula is C14H16BN2O2. The fourth-order valence-electron chi connectivity index (χ4n) is 1.70. The van der Waals surface area contributed by atoms with E-state index in [0.717, 1.165) is 22.8 Å². The van der Waals surface area contributed by atoms with Crippen LogP contribution in [0.5, 0.6) is 5.75 Å². The van der Waals surface area contributed by atoms with Gasteiger partial charge in [-0.05, 0) is 48.5 Å². The lowest BCUT2D eigenvalue weighted by molar-refractivity contribution is 0.346. The Morgan fingerprint density at radius 3 is 1.95 bits per heavy atom. The molecule has 2 aromatic carbocycles. The van der Waals surface area contributed by atoms with Crippen molar-refractivity contribution >= 4 is 24.5 Å². The van der Waals surface area contributed by atoms with E-state index in [1.165, 1.54) is 0 Å². The molecule has 2 aromatic rings. The Morgan fingerprint density at radius 1 is 0.947 bits per heavy atom. The molecular weight excluding hydrogens is 239 g/mol. The Balaban J connectivity index is 2.30. The molecule has 0 atom stereocenters. The topological polar surface area (TPSA) is 47.7 Å². The van der Waals surface area contributed by atoms with Crippen molar-refractivity contribution in [3.63, 3.8) is 0 Å². The predicted octanol–water partition coefficient (Wildman–Crippen LogP) is 3.01. The molecule has 4 nitrogen and oxygen atoms in total. The molecule has 0 amide bonds. The molecule has 0 fully saturated rings. The van der Waals surface area contributed by atoms with E-state index in [4.69, 9.17) is 15.2 Å². The monoisotopic (exact) mass is 255 g/mol. The van der Waals surface area contributed by atoms with Gasteiger partial charge in [0.15, 0.2) is 0 Å². The Bertz CT molecular complexity index is 514. The lowest BCUT2D eigenvalue weighted by Crippen LogP contribution is -2.18. The minimum atomic E-state index is 0.721. The van der Waals surface area contributed by atoms with Crippen LogP contribution in [0.2, 0.25) is 6.82 Å². The van der Waals surface area contributed by atoms with Gasteiger partial charge in [-0.2, -0.15) is 0 Å². The molecule has 0 spiro atoms. The molecule has 0 unspecified atom stereocenters. The third-order valence-corrected chi connectivity index (χ3v) is 2.65. The van der Waals surface area contributed by atoms with E-state index < -0.39 is 0 Å². The molecule has 0 saturated heterocycles. The average Bonchev–Trinajstić information content (AvgIpc) is 2.46. The smallest absolute Gasteiger partial charge is 0.331 e. The molecule has 0 aliphatic heterocycles. The summed E-state index contributed by atoms with van der Waals surface area (Å²) in [4.78, 5) is 0. The maximum Gasteiger partial charge on any atom is 0.331 e. The van der Waals surface area contributed by atoms with Crippen LogP contribution in [0.25, 0.3) is 0 Å². The van der Waals surface area contributed by atoms with Gasteiger partial charge in [-0.1, -0.05) is 6.82 Å². The number of benzene rings is 2. The molecule has 97 valence electrons. The molecule has 0 bridgehead atoms. The summed E-state index contributed by atoms with van der Waals surface area (Å²) in [6.45, 7) is 1.83. The minimum Gasteiger partial charge on any atom is -0.497 e. The number of anilines is 3. The van der Waals surface area contributed by atoms with Crippen LogP contribution < -0.4 is 15.5 Å². The number of nitrogens with two attached hydrogens (primary N) is 1. The zero-order valence-corrected chi connectivity index (χ0v) is 11.0. The van der Waals surface area contributed by atoms with Crippen molar-refractivity contribution in [1.29, 1.82) is 0 Å². The number of rotatable bonds is 5. The summed E-state index contributed by atoms with van der Waals surface area (Å²) in [5.41, 5.74) is 8.22. The van der Waals surface area contributed by atoms with E-state index in [1.807, 2.05) is 55.4 Å². The summed E-state index contributed by atoms with van der Waals surface area (Å²) in [5.74, 6) is 0.807. The third-order valence-electron chi connectivity index (χ3n) is 2.65. The fourth-order valence-corrected chi connectivity index (χ4v) is 1.70. The van der Waals surface area contributed by atoms with Gasteiger partial charge in [0.1, 0.15) is 5.75 Å². The van der Waals surface area contributed by atoms with Crippen LogP contribution in [0, 0.1) is 0 Å². The van der Waals surface area contributed by atoms with Crippen molar-refractivity contribution in [2.45, 2.75) is 6.82 Å². The van der Waals surface area contributed by atoms with Crippen LogP contribution in [0.1, 0.15) is 0 Å². The van der Waals surface area contributed by atoms with Crippen LogP contribution in [0.3, 0.4) is 0 Å². The highest BCUT2D eigenvalue weighted by molar-refractivity contribution is 6.25. The van der Waals surface area contributed by atoms with Crippen LogP contribution in [-0.2, 0) is 4.76 Å². The van der Waals surface area contributed by atoms with Gasteiger partial charge in [0.05, 0.1) is 18.5 Å². The summed E-state index contributed by atoms with van der Waals surface area (Å²) in [7, 11) is 3.27. The molecule has 0 aromatic heterocycles. The molecule has 1 radical (unpaired) electrons. The number of nitrogens with zero attached hydrogens (tertiary/aromatic N) is 1. The Labute approximate surface area is 114 Å². The first-order valence-electron chi connectivity index (χ1n) is 5.99. The molecule has 5 heteroatoms. The molecule has 0 saturated carbocycles. The zero-order valence-electron chi connectivity index (χ0n) is 11.0. The van der Waals surface area contributed by atoms with Gasteiger partial charge in [-0.15, -0.1) is 0 Å². The quantitative estimate of drug-likeness (QED) is 0.506. The highest BCUT2D eigenvalue weighted by atomic mass is 16.6. The lowest BCUT2D eigenvalue weighted by Gasteiger charge is -2.24. The SMILES string of the molecule is C[B]ON(c1ccc(N)cc1)c1ccc(OC)cc1. The summed E-state index contributed by atoms with van der Waals surface area (Å²) >= 11 is 0. The van der Waals surface area contributed by atoms with Crippen LogP contribution in [0.4, 0.5) is 17.1 Å². The molecule has 19 heavy (non-hydrogen) atoms. The first-order chi connectivity index (χ1) is 9.24. The summed E-state index contributed by atoms with van der Waals surface area (Å²) < 4.78 is 10.7. The van der Waals surface area contributed by atoms with Crippen molar-refractivity contribution in [1.82, 2.24) is 0 Å². The van der Waals surface area contributed by atoms with Gasteiger partial charge in [0.2, 0.25) is 0 Å². The fraction of sp³-hybridized carbons (Fsp3) is 0.143. The Morgan fingerprint density at radius 2 is 1.47 bits per heavy atom. The predicted molar refractivity (Wildman–Crippen MR) is 78.7 cm³/mol. The summed E-state index contributed by atoms with van der Waals surface area (Å²) in [6, 6.07) is 15.1. The van der Waals surface area contributed by atoms with Crippen molar-refractivity contribution in [3.8, 4) is 5.75 Å². The maximum absolute atomic E-state index is 5.69. The Hall–Kier alpha value is -2.14. The lowest BCUT2D eigenvalue weighted by atomic mass is 10.1. The van der Waals surface area contributed by atoms with E-state index in [1.54, 1.807) is 19.7 Å². The van der Waals surface area contributed by atoms with E-state index in [9.17, 15) is 0 Å². The van der Waals surface area contributed by atoms with E-state index in [2.05, 4.69) is 0 Å². The number of hydrogen-bond acceptors (Lipinski definition) is 4. The van der Waals surface area contributed by atoms with E-state index in [-0.39, 0.29) is 0 Å². The van der Waals surface area contributed by atoms with Crippen molar-refractivity contribution in [3.05, 3.63) is 48.5 Å². The second kappa shape index (κ2) is 6.16. The van der Waals surface area contributed by atoms with Gasteiger partial charge in [0.25, 0.3) is 0 Å². The zero-order chi connectivity index (χ0) is 13.7. The second-order valence-electron chi connectivity index (χ2n) is 3.93. The average molecular weight is 255 g/mol. The molecule has 0 aliphatic carbocycles. The summed E-state index contributed by atoms with van der Waals surface area (Å²) in [6.07, 6.45) is 0. The van der Waals surface area contributed by atoms with Crippen molar-refractivity contribution in [2.75, 3.05) is 17.9 Å². The molecule has 0 heterocycles. The second-order valence-corrected chi connectivity index (χ2v) is 3.93. The van der Waals surface area contributed by atoms with Crippen LogP contribution in [-0.4, -0.2) is 14.6 Å². The van der Waals surface area contributed by atoms with Gasteiger partial charge in [0, 0.05) is 5.69 Å². The van der Waals surface area contributed by atoms with Gasteiger partial charge in [-0.3, -0.25) is 0 Å². The van der Waals surface area contributed by atoms with E-state index in [0.29, 0.717) is 0 Å². The largest absolute Gasteiger partial charge is 0.497 e. The summed E-state index contributed by atoms with van der Waals surface area (Å²) in [5, 5.41) is 1.72. The van der Waals surface area contributed by atoms with Gasteiger partial charge < -0.3 is 15.2 Å². The van der Waals surface area contributed by atoms with Crippen LogP contribution in [0.15, 0.2) is 48.5 Å². The highest BCUT2D eigenvalue weighted by Crippen LogP contribution is 2.27. The highest BCUT2D eigenvalue weighted by Gasteiger charge is 2.09. The van der Waals surface area contributed by atoms with Crippen LogP contribution >= 0.6 is 0 Å². The number of ether oxygens (including phenoxy) is 1. The minimum absolute atomic E-state index is 0.721. The molecule has 0 aliphatic rings. The molecule has 2 N–H and O–H groups in total. The maximum atomic E-state index is 5.69. The number of methoxy groups -OCH3 is 1. The number of nitrogen functional groups attached to an aromatic ring is 1. The van der Waals surface area contributed by atoms with E-state index >= 15 is 0 Å².